The van der Waals surface area contributed by atoms with Crippen LogP contribution in [0.3, 0.4) is 0 Å². The number of rotatable bonds is 4. The van der Waals surface area contributed by atoms with Crippen molar-refractivity contribution >= 4 is 108 Å². The summed E-state index contributed by atoms with van der Waals surface area (Å²) >= 11 is 0. The number of para-hydroxylation sites is 5. The van der Waals surface area contributed by atoms with E-state index < -0.39 is 0 Å². The van der Waals surface area contributed by atoms with Crippen LogP contribution in [-0.2, 0) is 0 Å². The second-order valence-electron chi connectivity index (χ2n) is 15.8. The molecule has 10 aromatic rings. The molecule has 0 fully saturated rings. The SMILES string of the molecule is Cc1ccccc1B1c2c(Nc3ccccc3)cc3c4c2-c2c5c(cc6c7cccc(C)c7n1c26)c1ccccc1n5B4c1ccccc1N3c1ccccc1. The molecule has 0 bridgehead atoms. The molecule has 1 N–H and O–H groups in total. The smallest absolute Gasteiger partial charge is 0.333 e. The third-order valence-corrected chi connectivity index (χ3v) is 12.9. The van der Waals surface area contributed by atoms with E-state index in [4.69, 9.17) is 0 Å². The lowest BCUT2D eigenvalue weighted by atomic mass is 9.39. The molecular weight excluding hydrogens is 678 g/mol. The summed E-state index contributed by atoms with van der Waals surface area (Å²) in [5, 5.41) is 9.31. The Hall–Kier alpha value is -6.91. The van der Waals surface area contributed by atoms with Crippen molar-refractivity contribution in [2.75, 3.05) is 10.2 Å². The van der Waals surface area contributed by atoms with Gasteiger partial charge in [0.1, 0.15) is 0 Å². The quantitative estimate of drug-likeness (QED) is 0.184. The molecule has 3 aliphatic rings. The zero-order valence-electron chi connectivity index (χ0n) is 31.1. The first-order valence-corrected chi connectivity index (χ1v) is 19.7. The number of aromatic nitrogens is 2. The van der Waals surface area contributed by atoms with E-state index in [0.29, 0.717) is 0 Å². The Labute approximate surface area is 325 Å². The molecule has 0 saturated carbocycles. The molecule has 8 aromatic carbocycles. The zero-order valence-corrected chi connectivity index (χ0v) is 31.1. The summed E-state index contributed by atoms with van der Waals surface area (Å²) in [6, 6.07) is 60.8. The molecular formula is C50H34B2N4. The number of nitrogens with one attached hydrogen (secondary N) is 1. The molecule has 3 aliphatic heterocycles. The minimum absolute atomic E-state index is 0.0248. The van der Waals surface area contributed by atoms with E-state index in [1.807, 2.05) is 0 Å². The van der Waals surface area contributed by atoms with Gasteiger partial charge in [0.2, 0.25) is 0 Å². The molecule has 0 spiro atoms. The van der Waals surface area contributed by atoms with Crippen LogP contribution in [0.2, 0.25) is 0 Å². The molecule has 4 nitrogen and oxygen atoms in total. The Balaban J connectivity index is 1.32. The topological polar surface area (TPSA) is 25.1 Å². The largest absolute Gasteiger partial charge is 0.375 e. The molecule has 0 atom stereocenters. The summed E-state index contributed by atoms with van der Waals surface area (Å²) in [6.45, 7) is 4.47. The van der Waals surface area contributed by atoms with Crippen LogP contribution in [0, 0.1) is 13.8 Å². The number of hydrogen-bond donors (Lipinski definition) is 1. The normalized spacial score (nSPS) is 13.4. The summed E-state index contributed by atoms with van der Waals surface area (Å²) in [4.78, 5) is 2.52. The number of hydrogen-bond acceptors (Lipinski definition) is 2. The predicted octanol–water partition coefficient (Wildman–Crippen LogP) is 9.65. The maximum atomic E-state index is 4.05. The summed E-state index contributed by atoms with van der Waals surface area (Å²) in [6.07, 6.45) is 0. The standard InChI is InChI=1S/C50H34B2N4/c1-30-16-9-11-24-38(30)51-46-40(53-32-18-5-3-6-19-32)29-43-47-44(46)45-49-36(28-37-35-23-15-17-31(2)48(35)56(51)50(37)45)34-22-10-13-26-41(34)55(49)52(47)39-25-12-14-27-42(39)54(43)33-20-7-4-8-21-33/h3-29,53H,1-2H3. The number of aryl methyl sites for hydroxylation is 2. The Kier molecular flexibility index (Phi) is 5.90. The van der Waals surface area contributed by atoms with Gasteiger partial charge in [0, 0.05) is 77.6 Å². The van der Waals surface area contributed by atoms with Gasteiger partial charge in [0.15, 0.2) is 0 Å². The van der Waals surface area contributed by atoms with Crippen LogP contribution < -0.4 is 32.1 Å². The predicted molar refractivity (Wildman–Crippen MR) is 239 cm³/mol. The van der Waals surface area contributed by atoms with Crippen molar-refractivity contribution in [1.29, 1.82) is 0 Å². The van der Waals surface area contributed by atoms with Crippen LogP contribution in [-0.4, -0.2) is 22.7 Å². The van der Waals surface area contributed by atoms with E-state index in [1.165, 1.54) is 99.1 Å². The maximum Gasteiger partial charge on any atom is 0.333 e. The van der Waals surface area contributed by atoms with Gasteiger partial charge in [0.25, 0.3) is 0 Å². The van der Waals surface area contributed by atoms with Crippen molar-refractivity contribution in [3.63, 3.8) is 0 Å². The molecule has 0 amide bonds. The number of anilines is 5. The second kappa shape index (κ2) is 10.9. The fourth-order valence-electron chi connectivity index (χ4n) is 10.8. The summed E-state index contributed by atoms with van der Waals surface area (Å²) in [7, 11) is 0. The van der Waals surface area contributed by atoms with Crippen LogP contribution in [0.4, 0.5) is 28.4 Å². The van der Waals surface area contributed by atoms with E-state index in [0.717, 1.165) is 17.1 Å². The lowest BCUT2D eigenvalue weighted by Gasteiger charge is -2.44. The second-order valence-corrected chi connectivity index (χ2v) is 15.8. The third kappa shape index (κ3) is 3.72. The van der Waals surface area contributed by atoms with Crippen molar-refractivity contribution < 1.29 is 0 Å². The first-order chi connectivity index (χ1) is 27.7. The summed E-state index contributed by atoms with van der Waals surface area (Å²) in [5.41, 5.74) is 21.7. The first kappa shape index (κ1) is 30.4. The molecule has 13 rings (SSSR count). The van der Waals surface area contributed by atoms with E-state index in [9.17, 15) is 0 Å². The molecule has 56 heavy (non-hydrogen) atoms. The van der Waals surface area contributed by atoms with Crippen molar-refractivity contribution in [2.45, 2.75) is 13.8 Å². The molecule has 2 aromatic heterocycles. The van der Waals surface area contributed by atoms with Gasteiger partial charge in [-0.15, -0.1) is 0 Å². The van der Waals surface area contributed by atoms with Gasteiger partial charge in [-0.1, -0.05) is 121 Å². The van der Waals surface area contributed by atoms with Gasteiger partial charge < -0.3 is 19.2 Å². The summed E-state index contributed by atoms with van der Waals surface area (Å²) in [5.74, 6) is 0. The fraction of sp³-hybridized carbons (Fsp3) is 0.0400. The number of fused-ring (bicyclic) bond motifs is 9. The lowest BCUT2D eigenvalue weighted by Crippen LogP contribution is -2.61. The van der Waals surface area contributed by atoms with Crippen LogP contribution in [0.25, 0.3) is 54.7 Å². The Bertz CT molecular complexity index is 3330. The average molecular weight is 712 g/mol. The fourth-order valence-corrected chi connectivity index (χ4v) is 10.8. The molecule has 5 heterocycles. The highest BCUT2D eigenvalue weighted by atomic mass is 15.2. The van der Waals surface area contributed by atoms with Crippen LogP contribution in [0.5, 0.6) is 0 Å². The lowest BCUT2D eigenvalue weighted by molar-refractivity contribution is 1.24. The number of nitrogens with zero attached hydrogens (tertiary/aromatic N) is 3. The maximum absolute atomic E-state index is 4.05. The van der Waals surface area contributed by atoms with Crippen molar-refractivity contribution in [1.82, 2.24) is 8.96 Å². The molecule has 260 valence electrons. The Morgan fingerprint density at radius 1 is 0.446 bits per heavy atom. The minimum Gasteiger partial charge on any atom is -0.375 e. The first-order valence-electron chi connectivity index (χ1n) is 19.7. The van der Waals surface area contributed by atoms with Gasteiger partial charge in [-0.2, -0.15) is 0 Å². The average Bonchev–Trinajstić information content (AvgIpc) is 3.76. The van der Waals surface area contributed by atoms with Crippen LogP contribution in [0.15, 0.2) is 164 Å². The highest BCUT2D eigenvalue weighted by Gasteiger charge is 2.49. The highest BCUT2D eigenvalue weighted by Crippen LogP contribution is 2.51. The highest BCUT2D eigenvalue weighted by molar-refractivity contribution is 6.94. The molecule has 6 heteroatoms. The van der Waals surface area contributed by atoms with Gasteiger partial charge >= 0.3 is 13.7 Å². The van der Waals surface area contributed by atoms with Crippen molar-refractivity contribution in [3.8, 4) is 11.1 Å². The van der Waals surface area contributed by atoms with E-state index in [2.05, 4.69) is 197 Å². The molecule has 0 radical (unpaired) electrons. The van der Waals surface area contributed by atoms with Gasteiger partial charge in [0.05, 0.1) is 0 Å². The Morgan fingerprint density at radius 3 is 1.93 bits per heavy atom. The van der Waals surface area contributed by atoms with Crippen LogP contribution in [0.1, 0.15) is 11.1 Å². The van der Waals surface area contributed by atoms with E-state index in [-0.39, 0.29) is 13.7 Å². The summed E-state index contributed by atoms with van der Waals surface area (Å²) < 4.78 is 5.42. The van der Waals surface area contributed by atoms with E-state index in [1.54, 1.807) is 0 Å². The van der Waals surface area contributed by atoms with Gasteiger partial charge in [-0.3, -0.25) is 0 Å². The van der Waals surface area contributed by atoms with Gasteiger partial charge in [-0.05, 0) is 95.4 Å². The third-order valence-electron chi connectivity index (χ3n) is 12.9. The van der Waals surface area contributed by atoms with Crippen LogP contribution >= 0.6 is 0 Å². The van der Waals surface area contributed by atoms with E-state index >= 15 is 0 Å². The van der Waals surface area contributed by atoms with Crippen molar-refractivity contribution in [2.24, 2.45) is 0 Å². The molecule has 0 unspecified atom stereocenters. The Morgan fingerprint density at radius 2 is 1.09 bits per heavy atom. The number of benzene rings is 8. The van der Waals surface area contributed by atoms with Gasteiger partial charge in [-0.25, -0.2) is 0 Å². The molecule has 0 aliphatic carbocycles. The molecule has 0 saturated heterocycles. The minimum atomic E-state index is -0.0762. The zero-order chi connectivity index (χ0) is 36.8. The van der Waals surface area contributed by atoms with Crippen molar-refractivity contribution in [3.05, 3.63) is 175 Å². The monoisotopic (exact) mass is 712 g/mol.